The molecule has 5 nitrogen and oxygen atoms in total. The van der Waals surface area contributed by atoms with Gasteiger partial charge < -0.3 is 15.7 Å². The Bertz CT molecular complexity index is 484. The maximum atomic E-state index is 13.4. The van der Waals surface area contributed by atoms with Crippen LogP contribution in [0.25, 0.3) is 0 Å². The second kappa shape index (κ2) is 7.86. The minimum absolute atomic E-state index is 0.117. The fourth-order valence-corrected chi connectivity index (χ4v) is 2.33. The predicted octanol–water partition coefficient (Wildman–Crippen LogP) is 0.929. The van der Waals surface area contributed by atoms with Gasteiger partial charge in [0.15, 0.2) is 0 Å². The highest BCUT2D eigenvalue weighted by atomic mass is 32.2. The summed E-state index contributed by atoms with van der Waals surface area (Å²) in [5.41, 5.74) is 5.77. The number of hydrogen-bond acceptors (Lipinski definition) is 4. The first-order chi connectivity index (χ1) is 9.41. The standard InChI is InChI=1S/C13H17FN2O3S/c1-16(6-9-4-2-3-5-10(9)14)12(17)8-20-7-11(15)13(18)19/h2-5,11H,6-8,15H2,1H3,(H,18,19)/t11-/m1/s1. The fourth-order valence-electron chi connectivity index (χ4n) is 1.43. The van der Waals surface area contributed by atoms with Crippen molar-refractivity contribution in [1.29, 1.82) is 0 Å². The molecule has 0 radical (unpaired) electrons. The van der Waals surface area contributed by atoms with Gasteiger partial charge in [-0.2, -0.15) is 0 Å². The number of carbonyl (C=O) groups is 2. The van der Waals surface area contributed by atoms with E-state index in [0.717, 1.165) is 11.8 Å². The van der Waals surface area contributed by atoms with Gasteiger partial charge in [0, 0.05) is 24.9 Å². The molecule has 0 saturated heterocycles. The van der Waals surface area contributed by atoms with E-state index >= 15 is 0 Å². The monoisotopic (exact) mass is 300 g/mol. The normalized spacial score (nSPS) is 11.9. The molecular weight excluding hydrogens is 283 g/mol. The number of amides is 1. The van der Waals surface area contributed by atoms with Gasteiger partial charge >= 0.3 is 5.97 Å². The molecule has 0 saturated carbocycles. The highest BCUT2D eigenvalue weighted by Gasteiger charge is 2.15. The van der Waals surface area contributed by atoms with Gasteiger partial charge in [-0.25, -0.2) is 4.39 Å². The number of rotatable bonds is 7. The summed E-state index contributed by atoms with van der Waals surface area (Å²) in [6.07, 6.45) is 0. The third-order valence-electron chi connectivity index (χ3n) is 2.63. The molecule has 0 unspecified atom stereocenters. The maximum Gasteiger partial charge on any atom is 0.321 e. The van der Waals surface area contributed by atoms with Crippen LogP contribution in [0, 0.1) is 5.82 Å². The highest BCUT2D eigenvalue weighted by Crippen LogP contribution is 2.10. The molecule has 1 aromatic carbocycles. The van der Waals surface area contributed by atoms with E-state index in [0.29, 0.717) is 5.56 Å². The van der Waals surface area contributed by atoms with E-state index in [9.17, 15) is 14.0 Å². The number of thioether (sulfide) groups is 1. The number of carboxylic acids is 1. The lowest BCUT2D eigenvalue weighted by Crippen LogP contribution is -2.34. The molecular formula is C13H17FN2O3S. The van der Waals surface area contributed by atoms with Gasteiger partial charge in [-0.3, -0.25) is 9.59 Å². The summed E-state index contributed by atoms with van der Waals surface area (Å²) < 4.78 is 13.4. The van der Waals surface area contributed by atoms with E-state index < -0.39 is 12.0 Å². The van der Waals surface area contributed by atoms with Crippen LogP contribution in [-0.4, -0.2) is 46.5 Å². The van der Waals surface area contributed by atoms with Crippen molar-refractivity contribution in [2.75, 3.05) is 18.6 Å². The van der Waals surface area contributed by atoms with Crippen LogP contribution >= 0.6 is 11.8 Å². The Kier molecular flexibility index (Phi) is 6.47. The van der Waals surface area contributed by atoms with Gasteiger partial charge in [0.1, 0.15) is 11.9 Å². The smallest absolute Gasteiger partial charge is 0.321 e. The minimum Gasteiger partial charge on any atom is -0.480 e. The average Bonchev–Trinajstić information content (AvgIpc) is 2.40. The van der Waals surface area contributed by atoms with Crippen LogP contribution in [0.3, 0.4) is 0 Å². The first-order valence-electron chi connectivity index (χ1n) is 5.95. The number of carboxylic acid groups (broad SMARTS) is 1. The van der Waals surface area contributed by atoms with Crippen LogP contribution in [0.2, 0.25) is 0 Å². The predicted molar refractivity (Wildman–Crippen MR) is 75.8 cm³/mol. The average molecular weight is 300 g/mol. The number of carbonyl (C=O) groups excluding carboxylic acids is 1. The molecule has 3 N–H and O–H groups in total. The molecule has 0 aliphatic heterocycles. The van der Waals surface area contributed by atoms with Gasteiger partial charge in [0.25, 0.3) is 0 Å². The molecule has 0 aliphatic carbocycles. The molecule has 7 heteroatoms. The van der Waals surface area contributed by atoms with E-state index in [1.807, 2.05) is 0 Å². The van der Waals surface area contributed by atoms with Crippen LogP contribution in [-0.2, 0) is 16.1 Å². The van der Waals surface area contributed by atoms with Crippen molar-refractivity contribution >= 4 is 23.6 Å². The second-order valence-electron chi connectivity index (χ2n) is 4.30. The van der Waals surface area contributed by atoms with Crippen molar-refractivity contribution in [3.63, 3.8) is 0 Å². The topological polar surface area (TPSA) is 83.6 Å². The van der Waals surface area contributed by atoms with Gasteiger partial charge in [-0.05, 0) is 6.07 Å². The van der Waals surface area contributed by atoms with Crippen molar-refractivity contribution in [3.05, 3.63) is 35.6 Å². The molecule has 1 aromatic rings. The van der Waals surface area contributed by atoms with Crippen LogP contribution in [0.4, 0.5) is 4.39 Å². The number of aliphatic carboxylic acids is 1. The maximum absolute atomic E-state index is 13.4. The van der Waals surface area contributed by atoms with E-state index in [4.69, 9.17) is 10.8 Å². The molecule has 0 aromatic heterocycles. The molecule has 110 valence electrons. The molecule has 1 rings (SSSR count). The largest absolute Gasteiger partial charge is 0.480 e. The van der Waals surface area contributed by atoms with Gasteiger partial charge in [0.2, 0.25) is 5.91 Å². The number of benzene rings is 1. The lowest BCUT2D eigenvalue weighted by molar-refractivity contribution is -0.138. The van der Waals surface area contributed by atoms with Crippen LogP contribution in [0.5, 0.6) is 0 Å². The Morgan fingerprint density at radius 3 is 2.70 bits per heavy atom. The Balaban J connectivity index is 2.40. The summed E-state index contributed by atoms with van der Waals surface area (Å²) in [5, 5.41) is 8.61. The van der Waals surface area contributed by atoms with Gasteiger partial charge in [-0.1, -0.05) is 18.2 Å². The quantitative estimate of drug-likeness (QED) is 0.782. The summed E-state index contributed by atoms with van der Waals surface area (Å²) in [4.78, 5) is 23.7. The van der Waals surface area contributed by atoms with E-state index in [2.05, 4.69) is 0 Å². The molecule has 0 fully saturated rings. The Morgan fingerprint density at radius 2 is 2.10 bits per heavy atom. The number of nitrogens with zero attached hydrogens (tertiary/aromatic N) is 1. The van der Waals surface area contributed by atoms with Crippen LogP contribution in [0.1, 0.15) is 5.56 Å². The van der Waals surface area contributed by atoms with Crippen molar-refractivity contribution in [2.24, 2.45) is 5.73 Å². The van der Waals surface area contributed by atoms with Gasteiger partial charge in [-0.15, -0.1) is 11.8 Å². The Hall–Kier alpha value is -1.60. The lowest BCUT2D eigenvalue weighted by Gasteiger charge is -2.17. The van der Waals surface area contributed by atoms with Crippen molar-refractivity contribution in [1.82, 2.24) is 4.90 Å². The molecule has 20 heavy (non-hydrogen) atoms. The van der Waals surface area contributed by atoms with E-state index in [1.54, 1.807) is 25.2 Å². The number of halogens is 1. The third-order valence-corrected chi connectivity index (χ3v) is 3.68. The first-order valence-corrected chi connectivity index (χ1v) is 7.10. The Morgan fingerprint density at radius 1 is 1.45 bits per heavy atom. The van der Waals surface area contributed by atoms with Crippen molar-refractivity contribution in [3.8, 4) is 0 Å². The molecule has 0 bridgehead atoms. The zero-order valence-electron chi connectivity index (χ0n) is 11.1. The SMILES string of the molecule is CN(Cc1ccccc1F)C(=O)CSC[C@@H](N)C(=O)O. The summed E-state index contributed by atoms with van der Waals surface area (Å²) in [6, 6.07) is 5.27. The van der Waals surface area contributed by atoms with E-state index in [1.165, 1.54) is 11.0 Å². The van der Waals surface area contributed by atoms with E-state index in [-0.39, 0.29) is 29.8 Å². The summed E-state index contributed by atoms with van der Waals surface area (Å²) in [6.45, 7) is 0.178. The molecule has 1 atom stereocenters. The Labute approximate surface area is 120 Å². The first kappa shape index (κ1) is 16.5. The zero-order chi connectivity index (χ0) is 15.1. The number of hydrogen-bond donors (Lipinski definition) is 2. The molecule has 0 aliphatic rings. The second-order valence-corrected chi connectivity index (χ2v) is 5.33. The highest BCUT2D eigenvalue weighted by molar-refractivity contribution is 8.00. The molecule has 0 heterocycles. The summed E-state index contributed by atoms with van der Waals surface area (Å²) >= 11 is 1.15. The molecule has 0 spiro atoms. The summed E-state index contributed by atoms with van der Waals surface area (Å²) in [5.74, 6) is -1.37. The third kappa shape index (κ3) is 5.18. The molecule has 1 amide bonds. The lowest BCUT2D eigenvalue weighted by atomic mass is 10.2. The summed E-state index contributed by atoms with van der Waals surface area (Å²) in [7, 11) is 1.58. The fraction of sp³-hybridized carbons (Fsp3) is 0.385. The van der Waals surface area contributed by atoms with Crippen molar-refractivity contribution in [2.45, 2.75) is 12.6 Å². The number of nitrogens with two attached hydrogens (primary N) is 1. The van der Waals surface area contributed by atoms with Crippen molar-refractivity contribution < 1.29 is 19.1 Å². The van der Waals surface area contributed by atoms with Gasteiger partial charge in [0.05, 0.1) is 5.75 Å². The van der Waals surface area contributed by atoms with Crippen LogP contribution in [0.15, 0.2) is 24.3 Å². The van der Waals surface area contributed by atoms with Crippen LogP contribution < -0.4 is 5.73 Å². The zero-order valence-corrected chi connectivity index (χ0v) is 11.9. The minimum atomic E-state index is -1.09.